The van der Waals surface area contributed by atoms with Gasteiger partial charge in [-0.15, -0.1) is 0 Å². The topological polar surface area (TPSA) is 33.7 Å². The van der Waals surface area contributed by atoms with Crippen LogP contribution < -0.4 is 14.8 Å². The normalized spacial score (nSPS) is 29.5. The molecule has 1 aromatic rings. The van der Waals surface area contributed by atoms with Gasteiger partial charge < -0.3 is 14.8 Å². The molecule has 3 aliphatic rings. The number of benzene rings is 1. The number of likely N-dealkylation sites (tertiary alicyclic amines) is 1. The number of fused-ring (bicyclic) bond motifs is 2. The average molecular weight is 260 g/mol. The van der Waals surface area contributed by atoms with Crippen molar-refractivity contribution in [1.82, 2.24) is 10.2 Å². The minimum atomic E-state index is 0.358. The average Bonchev–Trinajstić information content (AvgIpc) is 3.06. The fourth-order valence-corrected chi connectivity index (χ4v) is 3.63. The summed E-state index contributed by atoms with van der Waals surface area (Å²) in [5, 5.41) is 3.54. The number of nitrogens with zero attached hydrogens (tertiary/aromatic N) is 1. The quantitative estimate of drug-likeness (QED) is 0.876. The monoisotopic (exact) mass is 260 g/mol. The lowest BCUT2D eigenvalue weighted by Gasteiger charge is -2.37. The van der Waals surface area contributed by atoms with E-state index in [1.54, 1.807) is 0 Å². The van der Waals surface area contributed by atoms with Crippen LogP contribution in [0.5, 0.6) is 11.5 Å². The first-order valence-corrected chi connectivity index (χ1v) is 7.23. The van der Waals surface area contributed by atoms with Gasteiger partial charge in [-0.3, -0.25) is 4.90 Å². The van der Waals surface area contributed by atoms with E-state index in [4.69, 9.17) is 9.47 Å². The van der Waals surface area contributed by atoms with Crippen LogP contribution in [0.1, 0.15) is 18.4 Å². The summed E-state index contributed by atoms with van der Waals surface area (Å²) >= 11 is 0. The van der Waals surface area contributed by atoms with Crippen LogP contribution >= 0.6 is 0 Å². The lowest BCUT2D eigenvalue weighted by molar-refractivity contribution is 0.117. The summed E-state index contributed by atoms with van der Waals surface area (Å²) in [5.74, 6) is 2.63. The second-order valence-electron chi connectivity index (χ2n) is 5.79. The highest BCUT2D eigenvalue weighted by atomic mass is 16.7. The molecule has 0 saturated carbocycles. The SMILES string of the molecule is c1cc2c(cc1CN1CCCC3CNCC31)OCO2. The Bertz CT molecular complexity index is 477. The molecular formula is C15H20N2O2. The van der Waals surface area contributed by atoms with Crippen LogP contribution in [0.4, 0.5) is 0 Å². The molecule has 0 amide bonds. The van der Waals surface area contributed by atoms with Gasteiger partial charge in [-0.05, 0) is 49.5 Å². The highest BCUT2D eigenvalue weighted by Gasteiger charge is 2.34. The molecule has 2 atom stereocenters. The maximum atomic E-state index is 5.46. The van der Waals surface area contributed by atoms with Gasteiger partial charge in [0.1, 0.15) is 0 Å². The first kappa shape index (κ1) is 11.6. The Balaban J connectivity index is 1.51. The van der Waals surface area contributed by atoms with Crippen LogP contribution in [0.15, 0.2) is 18.2 Å². The molecule has 1 N–H and O–H groups in total. The summed E-state index contributed by atoms with van der Waals surface area (Å²) in [7, 11) is 0. The zero-order chi connectivity index (χ0) is 12.7. The Hall–Kier alpha value is -1.26. The van der Waals surface area contributed by atoms with Gasteiger partial charge in [0.2, 0.25) is 6.79 Å². The van der Waals surface area contributed by atoms with Crippen LogP contribution in [0.25, 0.3) is 0 Å². The molecule has 2 fully saturated rings. The molecule has 3 aliphatic heterocycles. The van der Waals surface area contributed by atoms with Gasteiger partial charge in [-0.25, -0.2) is 0 Å². The molecular weight excluding hydrogens is 240 g/mol. The zero-order valence-corrected chi connectivity index (χ0v) is 11.1. The van der Waals surface area contributed by atoms with E-state index in [0.29, 0.717) is 6.79 Å². The van der Waals surface area contributed by atoms with Crippen molar-refractivity contribution in [3.63, 3.8) is 0 Å². The van der Waals surface area contributed by atoms with Crippen LogP contribution in [-0.4, -0.2) is 37.4 Å². The number of nitrogens with one attached hydrogen (secondary N) is 1. The standard InChI is InChI=1S/C15H20N2O2/c1-2-12-7-16-8-13(12)17(5-1)9-11-3-4-14-15(6-11)19-10-18-14/h3-4,6,12-13,16H,1-2,5,7-10H2. The van der Waals surface area contributed by atoms with Gasteiger partial charge in [-0.1, -0.05) is 6.07 Å². The molecule has 1 aromatic carbocycles. The van der Waals surface area contributed by atoms with E-state index in [9.17, 15) is 0 Å². The van der Waals surface area contributed by atoms with Crippen molar-refractivity contribution in [2.75, 3.05) is 26.4 Å². The molecule has 4 rings (SSSR count). The fourth-order valence-electron chi connectivity index (χ4n) is 3.63. The summed E-state index contributed by atoms with van der Waals surface area (Å²) in [4.78, 5) is 2.63. The van der Waals surface area contributed by atoms with Crippen molar-refractivity contribution >= 4 is 0 Å². The van der Waals surface area contributed by atoms with E-state index >= 15 is 0 Å². The van der Waals surface area contributed by atoms with Gasteiger partial charge in [0.25, 0.3) is 0 Å². The summed E-state index contributed by atoms with van der Waals surface area (Å²) < 4.78 is 10.8. The maximum absolute atomic E-state index is 5.46. The molecule has 2 unspecified atom stereocenters. The highest BCUT2D eigenvalue weighted by Crippen LogP contribution is 2.34. The molecule has 2 saturated heterocycles. The Morgan fingerprint density at radius 3 is 3.16 bits per heavy atom. The molecule has 3 heterocycles. The smallest absolute Gasteiger partial charge is 0.231 e. The minimum Gasteiger partial charge on any atom is -0.454 e. The third kappa shape index (κ3) is 2.09. The van der Waals surface area contributed by atoms with Gasteiger partial charge in [0.05, 0.1) is 0 Å². The molecule has 0 bridgehead atoms. The van der Waals surface area contributed by atoms with Crippen molar-refractivity contribution in [2.24, 2.45) is 5.92 Å². The third-order valence-corrected chi connectivity index (χ3v) is 4.62. The number of ether oxygens (including phenoxy) is 2. The minimum absolute atomic E-state index is 0.358. The van der Waals surface area contributed by atoms with E-state index in [2.05, 4.69) is 22.3 Å². The van der Waals surface area contributed by atoms with Gasteiger partial charge in [-0.2, -0.15) is 0 Å². The molecule has 4 heteroatoms. The molecule has 0 radical (unpaired) electrons. The summed E-state index contributed by atoms with van der Waals surface area (Å²) in [6, 6.07) is 7.05. The van der Waals surface area contributed by atoms with Crippen LogP contribution in [0.3, 0.4) is 0 Å². The Morgan fingerprint density at radius 2 is 2.16 bits per heavy atom. The molecule has 0 spiro atoms. The van der Waals surface area contributed by atoms with E-state index in [1.165, 1.54) is 31.5 Å². The summed E-state index contributed by atoms with van der Waals surface area (Å²) in [5.41, 5.74) is 1.33. The highest BCUT2D eigenvalue weighted by molar-refractivity contribution is 5.44. The van der Waals surface area contributed by atoms with Crippen LogP contribution in [-0.2, 0) is 6.54 Å². The maximum Gasteiger partial charge on any atom is 0.231 e. The van der Waals surface area contributed by atoms with Gasteiger partial charge in [0, 0.05) is 19.1 Å². The molecule has 0 aliphatic carbocycles. The second kappa shape index (κ2) is 4.69. The molecule has 0 aromatic heterocycles. The Labute approximate surface area is 113 Å². The molecule has 102 valence electrons. The van der Waals surface area contributed by atoms with Gasteiger partial charge >= 0.3 is 0 Å². The number of piperidine rings is 1. The molecule has 19 heavy (non-hydrogen) atoms. The van der Waals surface area contributed by atoms with E-state index in [1.807, 2.05) is 6.07 Å². The van der Waals surface area contributed by atoms with E-state index in [0.717, 1.165) is 36.5 Å². The lowest BCUT2D eigenvalue weighted by Crippen LogP contribution is -2.44. The number of hydrogen-bond acceptors (Lipinski definition) is 4. The first-order valence-electron chi connectivity index (χ1n) is 7.23. The van der Waals surface area contributed by atoms with Crippen LogP contribution in [0.2, 0.25) is 0 Å². The predicted molar refractivity (Wildman–Crippen MR) is 72.4 cm³/mol. The van der Waals surface area contributed by atoms with E-state index in [-0.39, 0.29) is 0 Å². The second-order valence-corrected chi connectivity index (χ2v) is 5.79. The van der Waals surface area contributed by atoms with Crippen molar-refractivity contribution in [3.05, 3.63) is 23.8 Å². The van der Waals surface area contributed by atoms with E-state index < -0.39 is 0 Å². The van der Waals surface area contributed by atoms with Crippen molar-refractivity contribution in [1.29, 1.82) is 0 Å². The zero-order valence-electron chi connectivity index (χ0n) is 11.1. The van der Waals surface area contributed by atoms with Crippen molar-refractivity contribution < 1.29 is 9.47 Å². The summed E-state index contributed by atoms with van der Waals surface area (Å²) in [6.07, 6.45) is 2.71. The Kier molecular flexibility index (Phi) is 2.85. The van der Waals surface area contributed by atoms with Gasteiger partial charge in [0.15, 0.2) is 11.5 Å². The van der Waals surface area contributed by atoms with Crippen molar-refractivity contribution in [3.8, 4) is 11.5 Å². The first-order chi connectivity index (χ1) is 9.40. The number of rotatable bonds is 2. The van der Waals surface area contributed by atoms with Crippen molar-refractivity contribution in [2.45, 2.75) is 25.4 Å². The molecule has 4 nitrogen and oxygen atoms in total. The fraction of sp³-hybridized carbons (Fsp3) is 0.600. The predicted octanol–water partition coefficient (Wildman–Crippen LogP) is 1.60. The number of hydrogen-bond donors (Lipinski definition) is 1. The summed E-state index contributed by atoms with van der Waals surface area (Å²) in [6.45, 7) is 4.95. The van der Waals surface area contributed by atoms with Crippen LogP contribution in [0, 0.1) is 5.92 Å². The largest absolute Gasteiger partial charge is 0.454 e. The third-order valence-electron chi connectivity index (χ3n) is 4.62. The lowest BCUT2D eigenvalue weighted by atomic mass is 9.91. The Morgan fingerprint density at radius 1 is 1.21 bits per heavy atom.